The van der Waals surface area contributed by atoms with Crippen molar-refractivity contribution >= 4 is 0 Å². The van der Waals surface area contributed by atoms with Crippen LogP contribution in [0.25, 0.3) is 0 Å². The highest BCUT2D eigenvalue weighted by atomic mass is 19.1. The van der Waals surface area contributed by atoms with E-state index in [2.05, 4.69) is 6.92 Å². The van der Waals surface area contributed by atoms with Gasteiger partial charge < -0.3 is 10.5 Å². The van der Waals surface area contributed by atoms with E-state index in [1.165, 1.54) is 12.1 Å². The molecule has 0 saturated carbocycles. The summed E-state index contributed by atoms with van der Waals surface area (Å²) in [5, 5.41) is 0. The predicted molar refractivity (Wildman–Crippen MR) is 63.7 cm³/mol. The number of rotatable bonds is 5. The van der Waals surface area contributed by atoms with Crippen LogP contribution in [0.2, 0.25) is 0 Å². The second-order valence-electron chi connectivity index (χ2n) is 4.51. The number of halogens is 1. The van der Waals surface area contributed by atoms with Gasteiger partial charge in [-0.3, -0.25) is 0 Å². The Bertz CT molecular complexity index is 338. The lowest BCUT2D eigenvalue weighted by molar-refractivity contribution is -0.0714. The van der Waals surface area contributed by atoms with Gasteiger partial charge in [-0.1, -0.05) is 19.1 Å². The molecule has 0 fully saturated rings. The monoisotopic (exact) mass is 225 g/mol. The van der Waals surface area contributed by atoms with Gasteiger partial charge in [0.25, 0.3) is 0 Å². The summed E-state index contributed by atoms with van der Waals surface area (Å²) < 4.78 is 19.0. The molecule has 0 aromatic heterocycles. The Kier molecular flexibility index (Phi) is 4.44. The van der Waals surface area contributed by atoms with Gasteiger partial charge in [0.05, 0.1) is 11.7 Å². The highest BCUT2D eigenvalue weighted by molar-refractivity contribution is 5.19. The molecule has 3 heteroatoms. The van der Waals surface area contributed by atoms with Crippen LogP contribution in [-0.4, -0.2) is 12.1 Å². The van der Waals surface area contributed by atoms with Crippen LogP contribution in [0.4, 0.5) is 4.39 Å². The third kappa shape index (κ3) is 3.58. The first-order chi connectivity index (χ1) is 7.48. The fourth-order valence-corrected chi connectivity index (χ4v) is 1.43. The van der Waals surface area contributed by atoms with E-state index in [0.717, 1.165) is 12.0 Å². The molecule has 1 aromatic carbocycles. The van der Waals surface area contributed by atoms with Gasteiger partial charge >= 0.3 is 0 Å². The zero-order chi connectivity index (χ0) is 12.2. The fraction of sp³-hybridized carbons (Fsp3) is 0.538. The molecule has 0 aliphatic heterocycles. The van der Waals surface area contributed by atoms with Crippen molar-refractivity contribution in [2.45, 2.75) is 38.9 Å². The van der Waals surface area contributed by atoms with Crippen molar-refractivity contribution in [3.8, 4) is 0 Å². The Morgan fingerprint density at radius 2 is 2.12 bits per heavy atom. The summed E-state index contributed by atoms with van der Waals surface area (Å²) in [4.78, 5) is 0. The van der Waals surface area contributed by atoms with E-state index < -0.39 is 0 Å². The predicted octanol–water partition coefficient (Wildman–Crippen LogP) is 3.03. The minimum atomic E-state index is -0.256. The Morgan fingerprint density at radius 3 is 2.62 bits per heavy atom. The van der Waals surface area contributed by atoms with Crippen molar-refractivity contribution in [2.75, 3.05) is 6.54 Å². The first-order valence-corrected chi connectivity index (χ1v) is 5.62. The zero-order valence-electron chi connectivity index (χ0n) is 10.2. The molecule has 1 rings (SSSR count). The topological polar surface area (TPSA) is 35.2 Å². The molecule has 1 aromatic rings. The average Bonchev–Trinajstić information content (AvgIpc) is 2.26. The minimum absolute atomic E-state index is 0.240. The molecule has 2 nitrogen and oxygen atoms in total. The molecule has 0 amide bonds. The van der Waals surface area contributed by atoms with Crippen molar-refractivity contribution in [1.82, 2.24) is 0 Å². The van der Waals surface area contributed by atoms with Crippen LogP contribution in [0.15, 0.2) is 24.3 Å². The van der Waals surface area contributed by atoms with Crippen LogP contribution in [0.3, 0.4) is 0 Å². The fourth-order valence-electron chi connectivity index (χ4n) is 1.43. The quantitative estimate of drug-likeness (QED) is 0.836. The second-order valence-corrected chi connectivity index (χ2v) is 4.51. The summed E-state index contributed by atoms with van der Waals surface area (Å²) in [7, 11) is 0. The largest absolute Gasteiger partial charge is 0.366 e. The van der Waals surface area contributed by atoms with E-state index in [1.807, 2.05) is 19.9 Å². The first kappa shape index (κ1) is 13.1. The Morgan fingerprint density at radius 1 is 1.44 bits per heavy atom. The molecule has 1 unspecified atom stereocenters. The number of nitrogens with two attached hydrogens (primary N) is 1. The van der Waals surface area contributed by atoms with Gasteiger partial charge in [0, 0.05) is 6.54 Å². The van der Waals surface area contributed by atoms with Crippen molar-refractivity contribution in [3.05, 3.63) is 35.6 Å². The maximum atomic E-state index is 13.1. The van der Waals surface area contributed by atoms with E-state index in [0.29, 0.717) is 6.54 Å². The van der Waals surface area contributed by atoms with Crippen LogP contribution in [0, 0.1) is 5.82 Å². The summed E-state index contributed by atoms with van der Waals surface area (Å²) in [5.41, 5.74) is 6.22. The molecule has 0 heterocycles. The third-order valence-corrected chi connectivity index (χ3v) is 2.75. The molecule has 0 aliphatic carbocycles. The van der Waals surface area contributed by atoms with Crippen molar-refractivity contribution in [2.24, 2.45) is 5.73 Å². The summed E-state index contributed by atoms with van der Waals surface area (Å²) in [6, 6.07) is 6.41. The average molecular weight is 225 g/mol. The van der Waals surface area contributed by atoms with E-state index in [-0.39, 0.29) is 17.5 Å². The van der Waals surface area contributed by atoms with E-state index in [4.69, 9.17) is 10.5 Å². The number of hydrogen-bond donors (Lipinski definition) is 1. The Labute approximate surface area is 96.6 Å². The van der Waals surface area contributed by atoms with Crippen molar-refractivity contribution < 1.29 is 9.13 Å². The van der Waals surface area contributed by atoms with Gasteiger partial charge in [0.15, 0.2) is 0 Å². The number of benzene rings is 1. The Balaban J connectivity index is 2.82. The van der Waals surface area contributed by atoms with Gasteiger partial charge in [-0.15, -0.1) is 0 Å². The standard InChI is InChI=1S/C13H20FNO/c1-4-13(2,3)16-12(9-15)10-6-5-7-11(14)8-10/h5-8,12H,4,9,15H2,1-3H3. The SMILES string of the molecule is CCC(C)(C)OC(CN)c1cccc(F)c1. The van der Waals surface area contributed by atoms with Gasteiger partial charge in [0.2, 0.25) is 0 Å². The highest BCUT2D eigenvalue weighted by Gasteiger charge is 2.22. The third-order valence-electron chi connectivity index (χ3n) is 2.75. The molecule has 0 saturated heterocycles. The molecular formula is C13H20FNO. The van der Waals surface area contributed by atoms with Gasteiger partial charge in [-0.05, 0) is 38.0 Å². The van der Waals surface area contributed by atoms with Gasteiger partial charge in [-0.2, -0.15) is 0 Å². The van der Waals surface area contributed by atoms with Crippen LogP contribution in [0.5, 0.6) is 0 Å². The second kappa shape index (κ2) is 5.41. The molecule has 0 aliphatic rings. The summed E-state index contributed by atoms with van der Waals surface area (Å²) >= 11 is 0. The molecule has 90 valence electrons. The highest BCUT2D eigenvalue weighted by Crippen LogP contribution is 2.25. The molecule has 2 N–H and O–H groups in total. The van der Waals surface area contributed by atoms with Crippen LogP contribution >= 0.6 is 0 Å². The van der Waals surface area contributed by atoms with E-state index >= 15 is 0 Å². The number of hydrogen-bond acceptors (Lipinski definition) is 2. The lowest BCUT2D eigenvalue weighted by Crippen LogP contribution is -2.29. The molecule has 1 atom stereocenters. The van der Waals surface area contributed by atoms with Crippen LogP contribution in [-0.2, 0) is 4.74 Å². The molecule has 0 spiro atoms. The summed E-state index contributed by atoms with van der Waals surface area (Å²) in [5.74, 6) is -0.256. The van der Waals surface area contributed by atoms with Gasteiger partial charge in [-0.25, -0.2) is 4.39 Å². The van der Waals surface area contributed by atoms with Gasteiger partial charge in [0.1, 0.15) is 5.82 Å². The molecule has 0 bridgehead atoms. The lowest BCUT2D eigenvalue weighted by Gasteiger charge is -2.29. The van der Waals surface area contributed by atoms with Crippen LogP contribution < -0.4 is 5.73 Å². The Hall–Kier alpha value is -0.930. The first-order valence-electron chi connectivity index (χ1n) is 5.62. The zero-order valence-corrected chi connectivity index (χ0v) is 10.2. The lowest BCUT2D eigenvalue weighted by atomic mass is 10.0. The molecule has 16 heavy (non-hydrogen) atoms. The maximum Gasteiger partial charge on any atom is 0.123 e. The normalized spacial score (nSPS) is 13.8. The molecular weight excluding hydrogens is 205 g/mol. The van der Waals surface area contributed by atoms with Crippen molar-refractivity contribution in [1.29, 1.82) is 0 Å². The molecule has 0 radical (unpaired) electrons. The smallest absolute Gasteiger partial charge is 0.123 e. The van der Waals surface area contributed by atoms with Crippen molar-refractivity contribution in [3.63, 3.8) is 0 Å². The maximum absolute atomic E-state index is 13.1. The van der Waals surface area contributed by atoms with E-state index in [9.17, 15) is 4.39 Å². The summed E-state index contributed by atoms with van der Waals surface area (Å²) in [6.07, 6.45) is 0.643. The van der Waals surface area contributed by atoms with Crippen LogP contribution in [0.1, 0.15) is 38.9 Å². The minimum Gasteiger partial charge on any atom is -0.366 e. The van der Waals surface area contributed by atoms with E-state index in [1.54, 1.807) is 6.07 Å². The number of ether oxygens (including phenoxy) is 1. The summed E-state index contributed by atoms with van der Waals surface area (Å²) in [6.45, 7) is 6.43.